The average molecular weight is 338 g/mol. The van der Waals surface area contributed by atoms with Crippen LogP contribution in [0.4, 0.5) is 0 Å². The minimum atomic E-state index is -3.57. The first-order chi connectivity index (χ1) is 10.7. The minimum absolute atomic E-state index is 0.0736. The lowest BCUT2D eigenvalue weighted by molar-refractivity contribution is 0.0635. The van der Waals surface area contributed by atoms with Gasteiger partial charge in [-0.25, -0.2) is 12.7 Å². The van der Waals surface area contributed by atoms with Crippen molar-refractivity contribution in [2.75, 3.05) is 20.6 Å². The number of carbonyl (C=O) groups excluding carboxylic acids is 1. The molecule has 1 aliphatic rings. The van der Waals surface area contributed by atoms with Gasteiger partial charge >= 0.3 is 0 Å². The molecular formula is C17H26N2O3S. The molecule has 0 radical (unpaired) electrons. The van der Waals surface area contributed by atoms with Crippen molar-refractivity contribution in [2.24, 2.45) is 0 Å². The van der Waals surface area contributed by atoms with Gasteiger partial charge in [0.25, 0.3) is 5.91 Å². The van der Waals surface area contributed by atoms with E-state index in [-0.39, 0.29) is 16.8 Å². The third-order valence-electron chi connectivity index (χ3n) is 4.69. The van der Waals surface area contributed by atoms with Crippen molar-refractivity contribution >= 4 is 15.9 Å². The Morgan fingerprint density at radius 2 is 1.87 bits per heavy atom. The van der Waals surface area contributed by atoms with Crippen LogP contribution < -0.4 is 0 Å². The van der Waals surface area contributed by atoms with E-state index in [2.05, 4.69) is 6.92 Å². The van der Waals surface area contributed by atoms with E-state index in [1.165, 1.54) is 24.5 Å². The van der Waals surface area contributed by atoms with Gasteiger partial charge in [0, 0.05) is 32.2 Å². The average Bonchev–Trinajstić information content (AvgIpc) is 2.49. The van der Waals surface area contributed by atoms with Crippen LogP contribution in [0.2, 0.25) is 0 Å². The summed E-state index contributed by atoms with van der Waals surface area (Å²) in [6, 6.07) is 3.53. The van der Waals surface area contributed by atoms with Gasteiger partial charge in [-0.2, -0.15) is 0 Å². The molecule has 0 aromatic heterocycles. The van der Waals surface area contributed by atoms with Gasteiger partial charge in [-0.1, -0.05) is 0 Å². The van der Waals surface area contributed by atoms with Gasteiger partial charge in [0.05, 0.1) is 4.90 Å². The second-order valence-electron chi connectivity index (χ2n) is 6.55. The zero-order valence-electron chi connectivity index (χ0n) is 14.6. The van der Waals surface area contributed by atoms with E-state index in [0.717, 1.165) is 31.4 Å². The van der Waals surface area contributed by atoms with Crippen LogP contribution in [-0.4, -0.2) is 50.2 Å². The molecule has 0 N–H and O–H groups in total. The molecule has 2 rings (SSSR count). The predicted octanol–water partition coefficient (Wildman–Crippen LogP) is 2.57. The van der Waals surface area contributed by atoms with Gasteiger partial charge in [-0.05, 0) is 63.3 Å². The van der Waals surface area contributed by atoms with Gasteiger partial charge in [-0.15, -0.1) is 0 Å². The van der Waals surface area contributed by atoms with E-state index in [0.29, 0.717) is 11.1 Å². The Labute approximate surface area is 139 Å². The van der Waals surface area contributed by atoms with E-state index in [1.54, 1.807) is 13.0 Å². The lowest BCUT2D eigenvalue weighted by Gasteiger charge is -2.33. The first kappa shape index (κ1) is 17.9. The van der Waals surface area contributed by atoms with Crippen molar-refractivity contribution < 1.29 is 13.2 Å². The highest BCUT2D eigenvalue weighted by molar-refractivity contribution is 7.89. The van der Waals surface area contributed by atoms with Crippen LogP contribution in [0.5, 0.6) is 0 Å². The van der Waals surface area contributed by atoms with E-state index in [4.69, 9.17) is 0 Å². The van der Waals surface area contributed by atoms with Gasteiger partial charge in [0.15, 0.2) is 0 Å². The zero-order valence-corrected chi connectivity index (χ0v) is 15.4. The minimum Gasteiger partial charge on any atom is -0.336 e. The largest absolute Gasteiger partial charge is 0.336 e. The van der Waals surface area contributed by atoms with Crippen molar-refractivity contribution in [2.45, 2.75) is 51.0 Å². The van der Waals surface area contributed by atoms with Gasteiger partial charge in [-0.3, -0.25) is 4.79 Å². The SMILES string of the molecule is Cc1cc(C(=O)N2CCCCC2C)cc(S(=O)(=O)N(C)C)c1C. The highest BCUT2D eigenvalue weighted by Crippen LogP contribution is 2.26. The maximum Gasteiger partial charge on any atom is 0.254 e. The molecule has 5 nitrogen and oxygen atoms in total. The summed E-state index contributed by atoms with van der Waals surface area (Å²) >= 11 is 0. The molecule has 1 aliphatic heterocycles. The molecule has 0 saturated carbocycles. The third kappa shape index (κ3) is 3.43. The summed E-state index contributed by atoms with van der Waals surface area (Å²) in [7, 11) is -0.557. The van der Waals surface area contributed by atoms with E-state index in [9.17, 15) is 13.2 Å². The number of rotatable bonds is 3. The number of hydrogen-bond acceptors (Lipinski definition) is 3. The molecule has 1 unspecified atom stereocenters. The Hall–Kier alpha value is -1.40. The molecule has 0 bridgehead atoms. The maximum absolute atomic E-state index is 12.8. The molecule has 1 amide bonds. The van der Waals surface area contributed by atoms with Crippen molar-refractivity contribution in [1.82, 2.24) is 9.21 Å². The van der Waals surface area contributed by atoms with Crippen LogP contribution in [0.3, 0.4) is 0 Å². The monoisotopic (exact) mass is 338 g/mol. The molecule has 6 heteroatoms. The quantitative estimate of drug-likeness (QED) is 0.851. The number of sulfonamides is 1. The highest BCUT2D eigenvalue weighted by Gasteiger charge is 2.27. The van der Waals surface area contributed by atoms with Crippen LogP contribution in [0.25, 0.3) is 0 Å². The topological polar surface area (TPSA) is 57.7 Å². The summed E-state index contributed by atoms with van der Waals surface area (Å²) in [5.74, 6) is -0.0736. The van der Waals surface area contributed by atoms with Gasteiger partial charge < -0.3 is 4.90 Å². The standard InChI is InChI=1S/C17H26N2O3S/c1-12-10-15(17(20)19-9-7-6-8-13(19)2)11-16(14(12)3)23(21,22)18(4)5/h10-11,13H,6-9H2,1-5H3. The van der Waals surface area contributed by atoms with E-state index >= 15 is 0 Å². The second-order valence-corrected chi connectivity index (χ2v) is 8.67. The van der Waals surface area contributed by atoms with Crippen LogP contribution in [0.1, 0.15) is 47.7 Å². The fraction of sp³-hybridized carbons (Fsp3) is 0.588. The number of piperidine rings is 1. The molecule has 23 heavy (non-hydrogen) atoms. The summed E-state index contributed by atoms with van der Waals surface area (Å²) in [6.07, 6.45) is 3.14. The molecule has 0 aliphatic carbocycles. The van der Waals surface area contributed by atoms with Crippen molar-refractivity contribution in [3.8, 4) is 0 Å². The Balaban J connectivity index is 2.49. The summed E-state index contributed by atoms with van der Waals surface area (Å²) in [5, 5.41) is 0. The van der Waals surface area contributed by atoms with Gasteiger partial charge in [0.1, 0.15) is 0 Å². The maximum atomic E-state index is 12.8. The molecule has 1 atom stereocenters. The summed E-state index contributed by atoms with van der Waals surface area (Å²) in [6.45, 7) is 6.42. The summed E-state index contributed by atoms with van der Waals surface area (Å²) in [5.41, 5.74) is 1.98. The predicted molar refractivity (Wildman–Crippen MR) is 91.1 cm³/mol. The Bertz CT molecular complexity index is 711. The Morgan fingerprint density at radius 3 is 2.43 bits per heavy atom. The molecule has 1 saturated heterocycles. The summed E-state index contributed by atoms with van der Waals surface area (Å²) in [4.78, 5) is 14.9. The number of hydrogen-bond donors (Lipinski definition) is 0. The molecule has 128 valence electrons. The fourth-order valence-corrected chi connectivity index (χ4v) is 4.20. The Morgan fingerprint density at radius 1 is 1.22 bits per heavy atom. The van der Waals surface area contributed by atoms with Crippen LogP contribution in [0, 0.1) is 13.8 Å². The summed E-state index contributed by atoms with van der Waals surface area (Å²) < 4.78 is 26.2. The van der Waals surface area contributed by atoms with Crippen molar-refractivity contribution in [3.05, 3.63) is 28.8 Å². The molecular weight excluding hydrogens is 312 g/mol. The van der Waals surface area contributed by atoms with Crippen LogP contribution in [0.15, 0.2) is 17.0 Å². The first-order valence-electron chi connectivity index (χ1n) is 8.01. The number of likely N-dealkylation sites (tertiary alicyclic amines) is 1. The lowest BCUT2D eigenvalue weighted by Crippen LogP contribution is -2.42. The number of aryl methyl sites for hydroxylation is 1. The number of benzene rings is 1. The normalized spacial score (nSPS) is 19.2. The Kier molecular flexibility index (Phi) is 5.16. The van der Waals surface area contributed by atoms with Crippen molar-refractivity contribution in [1.29, 1.82) is 0 Å². The first-order valence-corrected chi connectivity index (χ1v) is 9.45. The van der Waals surface area contributed by atoms with Crippen molar-refractivity contribution in [3.63, 3.8) is 0 Å². The number of carbonyl (C=O) groups is 1. The smallest absolute Gasteiger partial charge is 0.254 e. The lowest BCUT2D eigenvalue weighted by atomic mass is 10.0. The molecule has 0 spiro atoms. The molecule has 1 aromatic carbocycles. The highest BCUT2D eigenvalue weighted by atomic mass is 32.2. The third-order valence-corrected chi connectivity index (χ3v) is 6.63. The van der Waals surface area contributed by atoms with Crippen LogP contribution in [-0.2, 0) is 10.0 Å². The number of amides is 1. The molecule has 1 fully saturated rings. The van der Waals surface area contributed by atoms with E-state index in [1.807, 2.05) is 11.8 Å². The zero-order chi connectivity index (χ0) is 17.4. The fourth-order valence-electron chi connectivity index (χ4n) is 2.98. The van der Waals surface area contributed by atoms with Crippen LogP contribution >= 0.6 is 0 Å². The molecule has 1 aromatic rings. The second kappa shape index (κ2) is 6.61. The van der Waals surface area contributed by atoms with Gasteiger partial charge in [0.2, 0.25) is 10.0 Å². The molecule has 1 heterocycles. The number of nitrogens with zero attached hydrogens (tertiary/aromatic N) is 2. The van der Waals surface area contributed by atoms with E-state index < -0.39 is 10.0 Å².